The molecule has 3 aromatic carbocycles. The zero-order chi connectivity index (χ0) is 19.4. The lowest BCUT2D eigenvalue weighted by atomic mass is 10.1. The molecule has 0 spiro atoms. The molecule has 4 heteroatoms. The van der Waals surface area contributed by atoms with E-state index in [1.807, 2.05) is 0 Å². The zero-order valence-electron chi connectivity index (χ0n) is 16.7. The number of nitrogens with zero attached hydrogens (tertiary/aromatic N) is 4. The fourth-order valence-electron chi connectivity index (χ4n) is 4.51. The van der Waals surface area contributed by atoms with Gasteiger partial charge in [0.2, 0.25) is 0 Å². The summed E-state index contributed by atoms with van der Waals surface area (Å²) in [6, 6.07) is 25.9. The van der Waals surface area contributed by atoms with Gasteiger partial charge in [0.25, 0.3) is 11.6 Å². The monoisotopic (exact) mass is 368 g/mol. The normalized spacial score (nSPS) is 11.6. The molecule has 0 aliphatic carbocycles. The number of rotatable bonds is 2. The number of aryl methyl sites for hydroxylation is 4. The fourth-order valence-corrected chi connectivity index (χ4v) is 4.51. The van der Waals surface area contributed by atoms with Gasteiger partial charge in [-0.3, -0.25) is 0 Å². The largest absolute Gasteiger partial charge is 0.289 e. The highest BCUT2D eigenvalue weighted by Gasteiger charge is 2.24. The van der Waals surface area contributed by atoms with Crippen LogP contribution >= 0.6 is 0 Å². The standard InChI is InChI=1S/C24H24N4/c1-25-19-9-5-6-10-20(19)26(2)23(25)17-13-15-18(16-14-17)24-27(3)21-11-7-8-12-22(21)28(24)4/h5-16H,1-4H3/q+2. The van der Waals surface area contributed by atoms with E-state index in [0.29, 0.717) is 0 Å². The average molecular weight is 368 g/mol. The lowest BCUT2D eigenvalue weighted by Crippen LogP contribution is -2.30. The molecule has 0 atom stereocenters. The van der Waals surface area contributed by atoms with Crippen molar-refractivity contribution in [1.82, 2.24) is 9.13 Å². The Hall–Kier alpha value is -3.40. The quantitative estimate of drug-likeness (QED) is 0.423. The van der Waals surface area contributed by atoms with Gasteiger partial charge >= 0.3 is 0 Å². The topological polar surface area (TPSA) is 17.6 Å². The fraction of sp³-hybridized carbons (Fsp3) is 0.167. The van der Waals surface area contributed by atoms with Crippen molar-refractivity contribution in [3.05, 3.63) is 72.8 Å². The summed E-state index contributed by atoms with van der Waals surface area (Å²) in [6.07, 6.45) is 0. The number of hydrogen-bond acceptors (Lipinski definition) is 0. The average Bonchev–Trinajstić information content (AvgIpc) is 3.14. The molecular weight excluding hydrogens is 344 g/mol. The minimum Gasteiger partial charge on any atom is -0.226 e. The van der Waals surface area contributed by atoms with Gasteiger partial charge in [-0.15, -0.1) is 0 Å². The van der Waals surface area contributed by atoms with Gasteiger partial charge in [-0.05, 0) is 48.5 Å². The molecule has 0 unspecified atom stereocenters. The molecule has 0 N–H and O–H groups in total. The Morgan fingerprint density at radius 3 is 1.25 bits per heavy atom. The highest BCUT2D eigenvalue weighted by molar-refractivity contribution is 5.78. The Kier molecular flexibility index (Phi) is 3.63. The molecule has 0 aliphatic rings. The van der Waals surface area contributed by atoms with Crippen LogP contribution in [0.25, 0.3) is 44.8 Å². The third-order valence-electron chi connectivity index (χ3n) is 5.88. The third kappa shape index (κ3) is 2.24. The summed E-state index contributed by atoms with van der Waals surface area (Å²) >= 11 is 0. The van der Waals surface area contributed by atoms with E-state index >= 15 is 0 Å². The van der Waals surface area contributed by atoms with E-state index in [-0.39, 0.29) is 0 Å². The summed E-state index contributed by atoms with van der Waals surface area (Å²) in [5.41, 5.74) is 7.39. The van der Waals surface area contributed by atoms with Gasteiger partial charge in [-0.2, -0.15) is 0 Å². The first-order chi connectivity index (χ1) is 13.6. The first-order valence-electron chi connectivity index (χ1n) is 9.55. The van der Waals surface area contributed by atoms with Crippen molar-refractivity contribution in [2.24, 2.45) is 28.2 Å². The van der Waals surface area contributed by atoms with Crippen molar-refractivity contribution in [2.75, 3.05) is 0 Å². The molecule has 0 saturated carbocycles. The van der Waals surface area contributed by atoms with E-state index in [1.165, 1.54) is 44.8 Å². The first kappa shape index (κ1) is 16.8. The predicted molar refractivity (Wildman–Crippen MR) is 113 cm³/mol. The lowest BCUT2D eigenvalue weighted by molar-refractivity contribution is -0.634. The van der Waals surface area contributed by atoms with Crippen LogP contribution in [0.3, 0.4) is 0 Å². The van der Waals surface area contributed by atoms with Gasteiger partial charge in [-0.1, -0.05) is 24.3 Å². The molecule has 2 aromatic heterocycles. The number of benzene rings is 3. The molecule has 0 radical (unpaired) electrons. The van der Waals surface area contributed by atoms with Crippen molar-refractivity contribution >= 4 is 22.1 Å². The van der Waals surface area contributed by atoms with E-state index in [2.05, 4.69) is 119 Å². The molecule has 0 saturated heterocycles. The number of para-hydroxylation sites is 4. The lowest BCUT2D eigenvalue weighted by Gasteiger charge is -2.02. The minimum absolute atomic E-state index is 1.20. The van der Waals surface area contributed by atoms with Crippen molar-refractivity contribution in [3.8, 4) is 22.8 Å². The second-order valence-corrected chi connectivity index (χ2v) is 7.44. The molecule has 2 heterocycles. The van der Waals surface area contributed by atoms with Crippen LogP contribution in [-0.4, -0.2) is 9.13 Å². The van der Waals surface area contributed by atoms with Crippen molar-refractivity contribution in [1.29, 1.82) is 0 Å². The molecule has 0 aliphatic heterocycles. The smallest absolute Gasteiger partial charge is 0.226 e. The maximum Gasteiger partial charge on any atom is 0.289 e. The Balaban J connectivity index is 1.65. The number of fused-ring (bicyclic) bond motifs is 2. The maximum atomic E-state index is 2.27. The molecule has 28 heavy (non-hydrogen) atoms. The maximum absolute atomic E-state index is 2.27. The van der Waals surface area contributed by atoms with Crippen LogP contribution in [-0.2, 0) is 28.2 Å². The van der Waals surface area contributed by atoms with Crippen LogP contribution < -0.4 is 9.13 Å². The second kappa shape index (κ2) is 6.06. The van der Waals surface area contributed by atoms with Crippen molar-refractivity contribution in [3.63, 3.8) is 0 Å². The van der Waals surface area contributed by atoms with E-state index in [4.69, 9.17) is 0 Å². The van der Waals surface area contributed by atoms with Crippen LogP contribution in [0.5, 0.6) is 0 Å². The van der Waals surface area contributed by atoms with Gasteiger partial charge in [0, 0.05) is 0 Å². The highest BCUT2D eigenvalue weighted by atomic mass is 15.1. The Morgan fingerprint density at radius 2 is 0.893 bits per heavy atom. The molecular formula is C24H24N4+2. The molecule has 0 fully saturated rings. The van der Waals surface area contributed by atoms with Crippen LogP contribution in [0.15, 0.2) is 72.8 Å². The van der Waals surface area contributed by atoms with Gasteiger partial charge < -0.3 is 0 Å². The summed E-state index contributed by atoms with van der Waals surface area (Å²) in [5, 5.41) is 0. The molecule has 4 nitrogen and oxygen atoms in total. The third-order valence-corrected chi connectivity index (χ3v) is 5.88. The molecule has 0 amide bonds. The minimum atomic E-state index is 1.20. The summed E-state index contributed by atoms with van der Waals surface area (Å²) in [4.78, 5) is 0. The zero-order valence-corrected chi connectivity index (χ0v) is 16.7. The van der Waals surface area contributed by atoms with E-state index in [1.54, 1.807) is 0 Å². The predicted octanol–water partition coefficient (Wildman–Crippen LogP) is 3.65. The van der Waals surface area contributed by atoms with E-state index in [9.17, 15) is 0 Å². The summed E-state index contributed by atoms with van der Waals surface area (Å²) in [6.45, 7) is 0. The van der Waals surface area contributed by atoms with Gasteiger partial charge in [0.15, 0.2) is 22.1 Å². The van der Waals surface area contributed by atoms with Crippen molar-refractivity contribution in [2.45, 2.75) is 0 Å². The van der Waals surface area contributed by atoms with Crippen LogP contribution in [0.2, 0.25) is 0 Å². The number of imidazole rings is 2. The van der Waals surface area contributed by atoms with E-state index < -0.39 is 0 Å². The first-order valence-corrected chi connectivity index (χ1v) is 9.55. The molecule has 138 valence electrons. The van der Waals surface area contributed by atoms with Gasteiger partial charge in [-0.25, -0.2) is 18.3 Å². The van der Waals surface area contributed by atoms with Gasteiger partial charge in [0.1, 0.15) is 0 Å². The number of hydrogen-bond donors (Lipinski definition) is 0. The van der Waals surface area contributed by atoms with Crippen molar-refractivity contribution < 1.29 is 9.13 Å². The molecule has 0 bridgehead atoms. The number of aromatic nitrogens is 4. The Labute approximate surface area is 164 Å². The Morgan fingerprint density at radius 1 is 0.536 bits per heavy atom. The summed E-state index contributed by atoms with van der Waals surface area (Å²) in [7, 11) is 8.54. The van der Waals surface area contributed by atoms with Crippen LogP contribution in [0.1, 0.15) is 0 Å². The van der Waals surface area contributed by atoms with Gasteiger partial charge in [0.05, 0.1) is 39.3 Å². The van der Waals surface area contributed by atoms with Crippen LogP contribution in [0.4, 0.5) is 0 Å². The van der Waals surface area contributed by atoms with Crippen LogP contribution in [0, 0.1) is 0 Å². The molecule has 5 rings (SSSR count). The SMILES string of the molecule is Cn1c(-c2ccc(-c3n(C)c4ccccc4[n+]3C)cc2)[n+](C)c2ccccc21. The highest BCUT2D eigenvalue weighted by Crippen LogP contribution is 2.26. The summed E-state index contributed by atoms with van der Waals surface area (Å²) < 4.78 is 9.06. The molecule has 5 aromatic rings. The Bertz CT molecular complexity index is 1150. The second-order valence-electron chi connectivity index (χ2n) is 7.44. The van der Waals surface area contributed by atoms with E-state index in [0.717, 1.165) is 0 Å². The summed E-state index contributed by atoms with van der Waals surface area (Å²) in [5.74, 6) is 2.41.